The molecule has 1 aliphatic heterocycles. The van der Waals surface area contributed by atoms with Gasteiger partial charge in [0.05, 0.1) is 6.42 Å². The molecule has 1 N–H and O–H groups in total. The van der Waals surface area contributed by atoms with Gasteiger partial charge in [-0.15, -0.1) is 0 Å². The summed E-state index contributed by atoms with van der Waals surface area (Å²) >= 11 is 0. The fraction of sp³-hybridized carbons (Fsp3) is 0.467. The Morgan fingerprint density at radius 2 is 1.85 bits per heavy atom. The third-order valence-electron chi connectivity index (χ3n) is 3.76. The van der Waals surface area contributed by atoms with Crippen LogP contribution in [0.15, 0.2) is 18.2 Å². The van der Waals surface area contributed by atoms with Crippen LogP contribution in [0, 0.1) is 6.92 Å². The number of carbonyl (C=O) groups excluding carboxylic acids is 1. The molecule has 1 saturated heterocycles. The Morgan fingerprint density at radius 3 is 2.40 bits per heavy atom. The molecular weight excluding hydrogens is 256 g/mol. The van der Waals surface area contributed by atoms with Crippen LogP contribution in [0.1, 0.15) is 18.1 Å². The first kappa shape index (κ1) is 14.4. The van der Waals surface area contributed by atoms with E-state index in [-0.39, 0.29) is 12.3 Å². The summed E-state index contributed by atoms with van der Waals surface area (Å²) in [4.78, 5) is 26.2. The number of aryl methyl sites for hydroxylation is 1. The molecule has 20 heavy (non-hydrogen) atoms. The summed E-state index contributed by atoms with van der Waals surface area (Å²) in [6.07, 6.45) is 0.0487. The quantitative estimate of drug-likeness (QED) is 0.903. The van der Waals surface area contributed by atoms with Crippen LogP contribution >= 0.6 is 0 Å². The monoisotopic (exact) mass is 276 g/mol. The summed E-state index contributed by atoms with van der Waals surface area (Å²) in [7, 11) is 0. The lowest BCUT2D eigenvalue weighted by Crippen LogP contribution is -2.48. The maximum Gasteiger partial charge on any atom is 0.307 e. The molecule has 0 atom stereocenters. The average molecular weight is 276 g/mol. The Bertz CT molecular complexity index is 520. The van der Waals surface area contributed by atoms with E-state index in [0.717, 1.165) is 43.0 Å². The molecule has 108 valence electrons. The molecule has 0 radical (unpaired) electrons. The van der Waals surface area contributed by atoms with Crippen LogP contribution in [0.5, 0.6) is 0 Å². The lowest BCUT2D eigenvalue weighted by atomic mass is 10.0. The number of amides is 1. The molecule has 1 heterocycles. The van der Waals surface area contributed by atoms with Gasteiger partial charge in [0.1, 0.15) is 0 Å². The van der Waals surface area contributed by atoms with Crippen LogP contribution in [-0.2, 0) is 16.0 Å². The highest BCUT2D eigenvalue weighted by Crippen LogP contribution is 2.21. The van der Waals surface area contributed by atoms with Crippen LogP contribution in [0.25, 0.3) is 0 Å². The van der Waals surface area contributed by atoms with Gasteiger partial charge in [0.2, 0.25) is 5.91 Å². The van der Waals surface area contributed by atoms with E-state index in [1.165, 1.54) is 0 Å². The summed E-state index contributed by atoms with van der Waals surface area (Å²) in [6.45, 7) is 6.53. The molecule has 1 aromatic rings. The van der Waals surface area contributed by atoms with E-state index < -0.39 is 5.97 Å². The van der Waals surface area contributed by atoms with Gasteiger partial charge >= 0.3 is 5.97 Å². The predicted octanol–water partition coefficient (Wildman–Crippen LogP) is 1.29. The van der Waals surface area contributed by atoms with Gasteiger partial charge in [-0.2, -0.15) is 0 Å². The molecule has 1 aliphatic rings. The first-order chi connectivity index (χ1) is 9.47. The number of piperazine rings is 1. The fourth-order valence-corrected chi connectivity index (χ4v) is 2.49. The van der Waals surface area contributed by atoms with E-state index in [1.807, 2.05) is 30.0 Å². The summed E-state index contributed by atoms with van der Waals surface area (Å²) in [5.41, 5.74) is 2.89. The zero-order valence-corrected chi connectivity index (χ0v) is 11.9. The van der Waals surface area contributed by atoms with Gasteiger partial charge in [0, 0.05) is 38.8 Å². The number of carboxylic acid groups (broad SMARTS) is 1. The summed E-state index contributed by atoms with van der Waals surface area (Å²) in [5, 5.41) is 8.93. The van der Waals surface area contributed by atoms with Crippen LogP contribution < -0.4 is 4.90 Å². The van der Waals surface area contributed by atoms with E-state index in [1.54, 1.807) is 6.92 Å². The zero-order valence-electron chi connectivity index (χ0n) is 11.9. The molecule has 0 unspecified atom stereocenters. The molecule has 0 saturated carbocycles. The highest BCUT2D eigenvalue weighted by atomic mass is 16.4. The fourth-order valence-electron chi connectivity index (χ4n) is 2.49. The molecular formula is C15H20N2O3. The van der Waals surface area contributed by atoms with Gasteiger partial charge < -0.3 is 14.9 Å². The van der Waals surface area contributed by atoms with E-state index in [2.05, 4.69) is 4.90 Å². The molecule has 5 nitrogen and oxygen atoms in total. The largest absolute Gasteiger partial charge is 0.481 e. The molecule has 2 rings (SSSR count). The van der Waals surface area contributed by atoms with Gasteiger partial charge in [0.15, 0.2) is 0 Å². The Balaban J connectivity index is 2.10. The minimum Gasteiger partial charge on any atom is -0.481 e. The van der Waals surface area contributed by atoms with Gasteiger partial charge in [-0.1, -0.05) is 6.07 Å². The number of benzene rings is 1. The maximum atomic E-state index is 11.3. The zero-order chi connectivity index (χ0) is 14.7. The van der Waals surface area contributed by atoms with E-state index >= 15 is 0 Å². The van der Waals surface area contributed by atoms with Crippen molar-refractivity contribution in [1.82, 2.24) is 4.90 Å². The minimum absolute atomic E-state index is 0.0487. The predicted molar refractivity (Wildman–Crippen MR) is 77.0 cm³/mol. The third kappa shape index (κ3) is 3.29. The van der Waals surface area contributed by atoms with Gasteiger partial charge in [-0.05, 0) is 30.2 Å². The second kappa shape index (κ2) is 5.94. The van der Waals surface area contributed by atoms with Crippen molar-refractivity contribution in [1.29, 1.82) is 0 Å². The van der Waals surface area contributed by atoms with Crippen molar-refractivity contribution in [3.05, 3.63) is 29.3 Å². The number of nitrogens with zero attached hydrogens (tertiary/aromatic N) is 2. The molecule has 0 spiro atoms. The van der Waals surface area contributed by atoms with Crippen LogP contribution in [-0.4, -0.2) is 48.1 Å². The minimum atomic E-state index is -0.813. The molecule has 1 amide bonds. The lowest BCUT2D eigenvalue weighted by molar-refractivity contribution is -0.136. The Hall–Kier alpha value is -2.04. The second-order valence-corrected chi connectivity index (χ2v) is 5.17. The van der Waals surface area contributed by atoms with Gasteiger partial charge in [-0.3, -0.25) is 9.59 Å². The lowest BCUT2D eigenvalue weighted by Gasteiger charge is -2.35. The van der Waals surface area contributed by atoms with Crippen molar-refractivity contribution >= 4 is 17.6 Å². The first-order valence-corrected chi connectivity index (χ1v) is 6.79. The summed E-state index contributed by atoms with van der Waals surface area (Å²) in [5.74, 6) is -0.702. The highest BCUT2D eigenvalue weighted by Gasteiger charge is 2.19. The average Bonchev–Trinajstić information content (AvgIpc) is 2.41. The molecule has 1 fully saturated rings. The number of hydrogen-bond acceptors (Lipinski definition) is 3. The number of rotatable bonds is 3. The summed E-state index contributed by atoms with van der Waals surface area (Å²) in [6, 6.07) is 5.93. The Kier molecular flexibility index (Phi) is 4.27. The van der Waals surface area contributed by atoms with Gasteiger partial charge in [-0.25, -0.2) is 0 Å². The molecule has 0 aromatic heterocycles. The van der Waals surface area contributed by atoms with E-state index in [9.17, 15) is 9.59 Å². The van der Waals surface area contributed by atoms with Gasteiger partial charge in [0.25, 0.3) is 0 Å². The van der Waals surface area contributed by atoms with Crippen molar-refractivity contribution in [3.63, 3.8) is 0 Å². The smallest absolute Gasteiger partial charge is 0.307 e. The first-order valence-electron chi connectivity index (χ1n) is 6.79. The number of carbonyl (C=O) groups is 2. The molecule has 1 aromatic carbocycles. The molecule has 0 bridgehead atoms. The highest BCUT2D eigenvalue weighted by molar-refractivity contribution is 5.74. The standard InChI is InChI=1S/C15H20N2O3/c1-11-3-4-14(9-13(11)10-15(19)20)17-7-5-16(6-8-17)12(2)18/h3-4,9H,5-8,10H2,1-2H3,(H,19,20). The van der Waals surface area contributed by atoms with Crippen molar-refractivity contribution in [2.24, 2.45) is 0 Å². The third-order valence-corrected chi connectivity index (χ3v) is 3.76. The van der Waals surface area contributed by atoms with Crippen molar-refractivity contribution in [3.8, 4) is 0 Å². The van der Waals surface area contributed by atoms with Crippen molar-refractivity contribution < 1.29 is 14.7 Å². The number of carboxylic acids is 1. The number of anilines is 1. The van der Waals surface area contributed by atoms with Crippen molar-refractivity contribution in [2.75, 3.05) is 31.1 Å². The SMILES string of the molecule is CC(=O)N1CCN(c2ccc(C)c(CC(=O)O)c2)CC1. The van der Waals surface area contributed by atoms with E-state index in [4.69, 9.17) is 5.11 Å². The molecule has 5 heteroatoms. The maximum absolute atomic E-state index is 11.3. The van der Waals surface area contributed by atoms with Crippen LogP contribution in [0.3, 0.4) is 0 Å². The summed E-state index contributed by atoms with van der Waals surface area (Å²) < 4.78 is 0. The number of hydrogen-bond donors (Lipinski definition) is 1. The van der Waals surface area contributed by atoms with Crippen LogP contribution in [0.2, 0.25) is 0 Å². The topological polar surface area (TPSA) is 60.9 Å². The Morgan fingerprint density at radius 1 is 1.20 bits per heavy atom. The van der Waals surface area contributed by atoms with Crippen molar-refractivity contribution in [2.45, 2.75) is 20.3 Å². The number of aliphatic carboxylic acids is 1. The normalized spacial score (nSPS) is 15.3. The van der Waals surface area contributed by atoms with Crippen LogP contribution in [0.4, 0.5) is 5.69 Å². The van der Waals surface area contributed by atoms with E-state index in [0.29, 0.717) is 0 Å². The Labute approximate surface area is 118 Å². The molecule has 0 aliphatic carbocycles. The second-order valence-electron chi connectivity index (χ2n) is 5.17.